The molecule has 1 heterocycles. The number of piperazine rings is 1. The quantitative estimate of drug-likeness (QED) is 0.611. The molecule has 0 bridgehead atoms. The maximum atomic E-state index is 14.2. The van der Waals surface area contributed by atoms with Crippen LogP contribution in [-0.2, 0) is 18.8 Å². The zero-order valence-electron chi connectivity index (χ0n) is 17.0. The van der Waals surface area contributed by atoms with Gasteiger partial charge in [0.15, 0.2) is 0 Å². The van der Waals surface area contributed by atoms with Gasteiger partial charge in [-0.05, 0) is 36.2 Å². The van der Waals surface area contributed by atoms with E-state index in [1.807, 2.05) is 0 Å². The van der Waals surface area contributed by atoms with Crippen molar-refractivity contribution in [3.8, 4) is 0 Å². The van der Waals surface area contributed by atoms with E-state index in [0.29, 0.717) is 24.7 Å². The fraction of sp³-hybridized carbons (Fsp3) is 0.381. The van der Waals surface area contributed by atoms with Crippen molar-refractivity contribution in [2.75, 3.05) is 26.2 Å². The molecule has 1 saturated heterocycles. The Morgan fingerprint density at radius 3 is 2.21 bits per heavy atom. The SMILES string of the molecule is O=C(NCCc1cc(C(F)(F)F)cc(C(F)(F)F)c1)N1CCNCC1c1ccc(F)cc1F. The predicted molar refractivity (Wildman–Crippen MR) is 102 cm³/mol. The Balaban J connectivity index is 1.71. The third-order valence-electron chi connectivity index (χ3n) is 5.16. The summed E-state index contributed by atoms with van der Waals surface area (Å²) in [6.45, 7) is 0.475. The van der Waals surface area contributed by atoms with Crippen molar-refractivity contribution in [2.24, 2.45) is 0 Å². The Labute approximate surface area is 183 Å². The maximum absolute atomic E-state index is 14.2. The number of nitrogens with zero attached hydrogens (tertiary/aromatic N) is 1. The smallest absolute Gasteiger partial charge is 0.338 e. The van der Waals surface area contributed by atoms with Crippen LogP contribution in [0.4, 0.5) is 39.9 Å². The molecule has 2 aromatic carbocycles. The zero-order chi connectivity index (χ0) is 24.4. The standard InChI is InChI=1S/C21H19F8N3O/c22-15-1-2-16(17(23)10-15)18-11-30-5-6-32(18)19(33)31-4-3-12-7-13(20(24,25)26)9-14(8-12)21(27,28)29/h1-2,7-10,18,30H,3-6,11H2,(H,31,33). The van der Waals surface area contributed by atoms with Gasteiger partial charge in [0.05, 0.1) is 17.2 Å². The summed E-state index contributed by atoms with van der Waals surface area (Å²) in [6.07, 6.45) is -10.2. The molecule has 33 heavy (non-hydrogen) atoms. The molecular weight excluding hydrogens is 462 g/mol. The third-order valence-corrected chi connectivity index (χ3v) is 5.16. The van der Waals surface area contributed by atoms with Crippen molar-refractivity contribution in [2.45, 2.75) is 24.8 Å². The summed E-state index contributed by atoms with van der Waals surface area (Å²) in [6, 6.07) is 2.74. The summed E-state index contributed by atoms with van der Waals surface area (Å²) in [5.74, 6) is -1.62. The summed E-state index contributed by atoms with van der Waals surface area (Å²) < 4.78 is 105. The Kier molecular flexibility index (Phi) is 7.15. The van der Waals surface area contributed by atoms with Crippen LogP contribution in [0.2, 0.25) is 0 Å². The average molecular weight is 481 g/mol. The number of amides is 2. The Bertz CT molecular complexity index is 974. The highest BCUT2D eigenvalue weighted by Crippen LogP contribution is 2.36. The van der Waals surface area contributed by atoms with Gasteiger partial charge in [-0.3, -0.25) is 0 Å². The lowest BCUT2D eigenvalue weighted by molar-refractivity contribution is -0.143. The minimum Gasteiger partial charge on any atom is -0.338 e. The van der Waals surface area contributed by atoms with E-state index in [1.165, 1.54) is 11.0 Å². The second-order valence-electron chi connectivity index (χ2n) is 7.48. The fourth-order valence-corrected chi connectivity index (χ4v) is 3.58. The zero-order valence-corrected chi connectivity index (χ0v) is 17.0. The number of benzene rings is 2. The van der Waals surface area contributed by atoms with E-state index < -0.39 is 47.2 Å². The van der Waals surface area contributed by atoms with E-state index in [4.69, 9.17) is 0 Å². The van der Waals surface area contributed by atoms with Crippen molar-refractivity contribution in [3.05, 3.63) is 70.3 Å². The van der Waals surface area contributed by atoms with E-state index in [9.17, 15) is 39.9 Å². The minimum absolute atomic E-state index is 0.0324. The number of carbonyl (C=O) groups is 1. The van der Waals surface area contributed by atoms with Gasteiger partial charge in [-0.15, -0.1) is 0 Å². The number of halogens is 8. The maximum Gasteiger partial charge on any atom is 0.416 e. The molecular formula is C21H19F8N3O. The number of hydrogen-bond acceptors (Lipinski definition) is 2. The van der Waals surface area contributed by atoms with Crippen molar-refractivity contribution in [1.29, 1.82) is 0 Å². The minimum atomic E-state index is -4.97. The fourth-order valence-electron chi connectivity index (χ4n) is 3.58. The number of nitrogens with one attached hydrogen (secondary N) is 2. The third kappa shape index (κ3) is 6.12. The van der Waals surface area contributed by atoms with Gasteiger partial charge in [-0.2, -0.15) is 26.3 Å². The first-order valence-corrected chi connectivity index (χ1v) is 9.85. The van der Waals surface area contributed by atoms with Gasteiger partial charge in [0, 0.05) is 37.8 Å². The van der Waals surface area contributed by atoms with Gasteiger partial charge < -0.3 is 15.5 Å². The normalized spacial score (nSPS) is 17.2. The van der Waals surface area contributed by atoms with Gasteiger partial charge in [0.25, 0.3) is 0 Å². The van der Waals surface area contributed by atoms with Gasteiger partial charge in [0.2, 0.25) is 0 Å². The molecule has 0 spiro atoms. The molecule has 2 aromatic rings. The highest BCUT2D eigenvalue weighted by Gasteiger charge is 2.37. The summed E-state index contributed by atoms with van der Waals surface area (Å²) in [5.41, 5.74) is -3.05. The van der Waals surface area contributed by atoms with Gasteiger partial charge in [-0.25, -0.2) is 13.6 Å². The highest BCUT2D eigenvalue weighted by atomic mass is 19.4. The summed E-state index contributed by atoms with van der Waals surface area (Å²) >= 11 is 0. The van der Waals surface area contributed by atoms with Crippen LogP contribution in [0.1, 0.15) is 28.3 Å². The molecule has 2 amide bonds. The summed E-state index contributed by atoms with van der Waals surface area (Å²) in [7, 11) is 0. The van der Waals surface area contributed by atoms with E-state index in [-0.39, 0.29) is 43.2 Å². The van der Waals surface area contributed by atoms with E-state index in [1.54, 1.807) is 0 Å². The molecule has 1 fully saturated rings. The highest BCUT2D eigenvalue weighted by molar-refractivity contribution is 5.75. The molecule has 12 heteroatoms. The molecule has 1 aliphatic heterocycles. The van der Waals surface area contributed by atoms with Crippen molar-refractivity contribution in [1.82, 2.24) is 15.5 Å². The van der Waals surface area contributed by atoms with Crippen molar-refractivity contribution in [3.63, 3.8) is 0 Å². The molecule has 0 radical (unpaired) electrons. The monoisotopic (exact) mass is 481 g/mol. The van der Waals surface area contributed by atoms with Crippen LogP contribution in [0, 0.1) is 11.6 Å². The average Bonchev–Trinajstić information content (AvgIpc) is 2.72. The van der Waals surface area contributed by atoms with Crippen LogP contribution in [-0.4, -0.2) is 37.1 Å². The van der Waals surface area contributed by atoms with Crippen LogP contribution in [0.25, 0.3) is 0 Å². The number of urea groups is 1. The molecule has 2 N–H and O–H groups in total. The van der Waals surface area contributed by atoms with Gasteiger partial charge in [0.1, 0.15) is 11.6 Å². The number of carbonyl (C=O) groups excluding carboxylic acids is 1. The van der Waals surface area contributed by atoms with Crippen LogP contribution >= 0.6 is 0 Å². The predicted octanol–water partition coefficient (Wildman–Crippen LogP) is 4.90. The molecule has 0 saturated carbocycles. The second-order valence-corrected chi connectivity index (χ2v) is 7.48. The van der Waals surface area contributed by atoms with Gasteiger partial charge in [-0.1, -0.05) is 6.07 Å². The first-order valence-electron chi connectivity index (χ1n) is 9.85. The summed E-state index contributed by atoms with van der Waals surface area (Å²) in [4.78, 5) is 13.9. The Hall–Kier alpha value is -2.89. The molecule has 0 aliphatic carbocycles. The van der Waals surface area contributed by atoms with Crippen molar-refractivity contribution >= 4 is 6.03 Å². The molecule has 3 rings (SSSR count). The number of alkyl halides is 6. The lowest BCUT2D eigenvalue weighted by Gasteiger charge is -2.36. The topological polar surface area (TPSA) is 44.4 Å². The first kappa shape index (κ1) is 24.7. The van der Waals surface area contributed by atoms with Crippen molar-refractivity contribution < 1.29 is 39.9 Å². The second kappa shape index (κ2) is 9.54. The molecule has 1 atom stereocenters. The number of hydrogen-bond donors (Lipinski definition) is 2. The summed E-state index contributed by atoms with van der Waals surface area (Å²) in [5, 5.41) is 5.44. The largest absolute Gasteiger partial charge is 0.416 e. The van der Waals surface area contributed by atoms with E-state index in [2.05, 4.69) is 10.6 Å². The van der Waals surface area contributed by atoms with Crippen LogP contribution in [0.15, 0.2) is 36.4 Å². The molecule has 180 valence electrons. The van der Waals surface area contributed by atoms with Gasteiger partial charge >= 0.3 is 18.4 Å². The molecule has 1 unspecified atom stereocenters. The van der Waals surface area contributed by atoms with E-state index >= 15 is 0 Å². The first-order chi connectivity index (χ1) is 15.4. The lowest BCUT2D eigenvalue weighted by Crippen LogP contribution is -2.52. The van der Waals surface area contributed by atoms with E-state index in [0.717, 1.165) is 6.07 Å². The Morgan fingerprint density at radius 2 is 1.64 bits per heavy atom. The van der Waals surface area contributed by atoms with Crippen LogP contribution in [0.5, 0.6) is 0 Å². The Morgan fingerprint density at radius 1 is 1.00 bits per heavy atom. The molecule has 4 nitrogen and oxygen atoms in total. The van der Waals surface area contributed by atoms with Crippen LogP contribution < -0.4 is 10.6 Å². The molecule has 0 aromatic heterocycles. The molecule has 1 aliphatic rings. The van der Waals surface area contributed by atoms with Crippen LogP contribution in [0.3, 0.4) is 0 Å². The number of rotatable bonds is 4. The lowest BCUT2D eigenvalue weighted by atomic mass is 10.0.